The topological polar surface area (TPSA) is 109 Å². The molecule has 0 aromatic carbocycles. The minimum atomic E-state index is -0.236. The third-order valence-corrected chi connectivity index (χ3v) is 4.83. The number of hydrogen-bond donors (Lipinski definition) is 2. The molecule has 0 unspecified atom stereocenters. The van der Waals surface area contributed by atoms with Crippen LogP contribution in [-0.2, 0) is 12.8 Å². The van der Waals surface area contributed by atoms with Crippen LogP contribution < -0.4 is 0 Å². The first-order valence-electron chi connectivity index (χ1n) is 9.73. The van der Waals surface area contributed by atoms with E-state index in [1.807, 2.05) is 13.8 Å². The summed E-state index contributed by atoms with van der Waals surface area (Å²) in [6, 6.07) is 0. The number of hydrogen-bond acceptors (Lipinski definition) is 5. The maximum Gasteiger partial charge on any atom is 0.179 e. The minimum Gasteiger partial charge on any atom is -0.428 e. The van der Waals surface area contributed by atoms with E-state index in [1.165, 1.54) is 13.8 Å². The van der Waals surface area contributed by atoms with E-state index in [9.17, 15) is 24.4 Å². The van der Waals surface area contributed by atoms with Crippen molar-refractivity contribution in [3.63, 3.8) is 0 Å². The quantitative estimate of drug-likeness (QED) is 0.389. The van der Waals surface area contributed by atoms with Gasteiger partial charge in [0.1, 0.15) is 5.69 Å². The summed E-state index contributed by atoms with van der Waals surface area (Å²) in [6.07, 6.45) is 4.67. The predicted molar refractivity (Wildman–Crippen MR) is 111 cm³/mol. The molecular weight excluding hydrogens is 372 g/mol. The maximum absolute atomic E-state index is 11.3. The molecule has 0 aliphatic carbocycles. The molecule has 29 heavy (non-hydrogen) atoms. The van der Waals surface area contributed by atoms with E-state index < -0.39 is 0 Å². The molecule has 2 rings (SSSR count). The van der Waals surface area contributed by atoms with Gasteiger partial charge in [-0.25, -0.2) is 0 Å². The molecule has 0 aliphatic heterocycles. The van der Waals surface area contributed by atoms with E-state index >= 15 is 0 Å². The molecular formula is C22H30N2O5. The van der Waals surface area contributed by atoms with Gasteiger partial charge in [0, 0.05) is 30.7 Å². The number of H-pyrrole nitrogens is 1. The molecule has 0 saturated carbocycles. The molecule has 0 radical (unpaired) electrons. The Hall–Kier alpha value is -2.96. The van der Waals surface area contributed by atoms with Crippen LogP contribution in [-0.4, -0.2) is 39.1 Å². The molecule has 0 saturated heterocycles. The lowest BCUT2D eigenvalue weighted by Gasteiger charge is -2.02. The smallest absolute Gasteiger partial charge is 0.179 e. The highest BCUT2D eigenvalue weighted by atomic mass is 16.5. The van der Waals surface area contributed by atoms with Gasteiger partial charge in [0.05, 0.1) is 11.4 Å². The first-order chi connectivity index (χ1) is 13.7. The first-order valence-corrected chi connectivity index (χ1v) is 9.73. The SMILES string of the molecule is CCCc1[nH]c(C(C)=O)c(C)c1C=O.CCCc1c(C=O)c(C)c(C(C)=O)n1O. The molecule has 158 valence electrons. The number of Topliss-reactive ketones (excluding diaryl/α,β-unsaturated/α-hetero) is 2. The molecule has 0 amide bonds. The fourth-order valence-corrected chi connectivity index (χ4v) is 3.43. The van der Waals surface area contributed by atoms with Gasteiger partial charge in [-0.05, 0) is 37.8 Å². The Morgan fingerprint density at radius 2 is 1.48 bits per heavy atom. The second-order valence-corrected chi connectivity index (χ2v) is 7.01. The lowest BCUT2D eigenvalue weighted by molar-refractivity contribution is 0.0953. The highest BCUT2D eigenvalue weighted by Gasteiger charge is 2.21. The minimum absolute atomic E-state index is 0.0204. The zero-order chi connectivity index (χ0) is 22.3. The van der Waals surface area contributed by atoms with Crippen LogP contribution in [0.15, 0.2) is 0 Å². The number of rotatable bonds is 8. The Labute approximate surface area is 171 Å². The van der Waals surface area contributed by atoms with Gasteiger partial charge < -0.3 is 10.2 Å². The number of ketones is 2. The number of carbonyl (C=O) groups excluding carboxylic acids is 4. The van der Waals surface area contributed by atoms with Crippen molar-refractivity contribution in [1.82, 2.24) is 9.71 Å². The Morgan fingerprint density at radius 3 is 1.90 bits per heavy atom. The van der Waals surface area contributed by atoms with Crippen LogP contribution in [0.5, 0.6) is 0 Å². The summed E-state index contributed by atoms with van der Waals surface area (Å²) in [5, 5.41) is 9.76. The van der Waals surface area contributed by atoms with Gasteiger partial charge in [0.15, 0.2) is 24.1 Å². The fraction of sp³-hybridized carbons (Fsp3) is 0.455. The fourth-order valence-electron chi connectivity index (χ4n) is 3.43. The molecule has 0 spiro atoms. The Kier molecular flexibility index (Phi) is 8.76. The van der Waals surface area contributed by atoms with Crippen LogP contribution in [0.1, 0.15) is 105 Å². The zero-order valence-electron chi connectivity index (χ0n) is 18.0. The van der Waals surface area contributed by atoms with Gasteiger partial charge >= 0.3 is 0 Å². The van der Waals surface area contributed by atoms with Crippen LogP contribution in [0.25, 0.3) is 0 Å². The van der Waals surface area contributed by atoms with E-state index in [4.69, 9.17) is 0 Å². The van der Waals surface area contributed by atoms with Gasteiger partial charge in [0.2, 0.25) is 0 Å². The van der Waals surface area contributed by atoms with Crippen LogP contribution in [0, 0.1) is 13.8 Å². The van der Waals surface area contributed by atoms with Crippen molar-refractivity contribution in [2.75, 3.05) is 0 Å². The van der Waals surface area contributed by atoms with E-state index in [0.29, 0.717) is 40.8 Å². The van der Waals surface area contributed by atoms with Crippen LogP contribution in [0.2, 0.25) is 0 Å². The number of aldehydes is 2. The van der Waals surface area contributed by atoms with E-state index in [0.717, 1.165) is 41.5 Å². The molecule has 2 heterocycles. The number of aromatic nitrogens is 2. The summed E-state index contributed by atoms with van der Waals surface area (Å²) in [6.45, 7) is 10.3. The molecule has 0 fully saturated rings. The van der Waals surface area contributed by atoms with Crippen molar-refractivity contribution in [2.45, 2.75) is 67.2 Å². The molecule has 2 N–H and O–H groups in total. The van der Waals surface area contributed by atoms with Gasteiger partial charge in [-0.15, -0.1) is 0 Å². The molecule has 2 aromatic heterocycles. The van der Waals surface area contributed by atoms with Crippen molar-refractivity contribution in [3.05, 3.63) is 45.0 Å². The summed E-state index contributed by atoms with van der Waals surface area (Å²) >= 11 is 0. The van der Waals surface area contributed by atoms with E-state index in [1.54, 1.807) is 13.8 Å². The summed E-state index contributed by atoms with van der Waals surface area (Å²) in [4.78, 5) is 47.2. The van der Waals surface area contributed by atoms with E-state index in [-0.39, 0.29) is 17.3 Å². The van der Waals surface area contributed by atoms with Gasteiger partial charge in [-0.1, -0.05) is 26.7 Å². The van der Waals surface area contributed by atoms with Crippen molar-refractivity contribution >= 4 is 24.1 Å². The summed E-state index contributed by atoms with van der Waals surface area (Å²) in [5.74, 6) is -0.256. The number of aryl methyl sites for hydroxylation is 1. The molecule has 2 aromatic rings. The molecule has 7 heteroatoms. The van der Waals surface area contributed by atoms with Crippen molar-refractivity contribution in [1.29, 1.82) is 0 Å². The molecule has 0 aliphatic rings. The Bertz CT molecular complexity index is 919. The van der Waals surface area contributed by atoms with Gasteiger partial charge in [-0.3, -0.25) is 19.2 Å². The Morgan fingerprint density at radius 1 is 0.931 bits per heavy atom. The molecule has 7 nitrogen and oxygen atoms in total. The number of nitrogens with one attached hydrogen (secondary N) is 1. The van der Waals surface area contributed by atoms with Crippen LogP contribution in [0.3, 0.4) is 0 Å². The average Bonchev–Trinajstić information content (AvgIpc) is 3.09. The number of carbonyl (C=O) groups is 4. The third kappa shape index (κ3) is 5.10. The van der Waals surface area contributed by atoms with Crippen molar-refractivity contribution < 1.29 is 24.4 Å². The maximum atomic E-state index is 11.3. The predicted octanol–water partition coefficient (Wildman–Crippen LogP) is 4.29. The first kappa shape index (κ1) is 24.1. The summed E-state index contributed by atoms with van der Waals surface area (Å²) in [5.41, 5.74) is 4.59. The van der Waals surface area contributed by atoms with Crippen LogP contribution >= 0.6 is 0 Å². The van der Waals surface area contributed by atoms with Crippen molar-refractivity contribution in [2.24, 2.45) is 0 Å². The molecule has 0 atom stereocenters. The second kappa shape index (κ2) is 10.5. The van der Waals surface area contributed by atoms with E-state index in [2.05, 4.69) is 4.98 Å². The normalized spacial score (nSPS) is 10.3. The lowest BCUT2D eigenvalue weighted by atomic mass is 10.1. The number of aromatic amines is 1. The Balaban J connectivity index is 0.000000291. The van der Waals surface area contributed by atoms with Gasteiger partial charge in [-0.2, -0.15) is 4.73 Å². The third-order valence-electron chi connectivity index (χ3n) is 4.83. The largest absolute Gasteiger partial charge is 0.428 e. The molecule has 0 bridgehead atoms. The highest BCUT2D eigenvalue weighted by Crippen LogP contribution is 2.21. The average molecular weight is 402 g/mol. The van der Waals surface area contributed by atoms with Crippen molar-refractivity contribution in [3.8, 4) is 0 Å². The number of nitrogens with zero attached hydrogens (tertiary/aromatic N) is 1. The zero-order valence-corrected chi connectivity index (χ0v) is 18.0. The lowest BCUT2D eigenvalue weighted by Crippen LogP contribution is -2.07. The summed E-state index contributed by atoms with van der Waals surface area (Å²) in [7, 11) is 0. The second-order valence-electron chi connectivity index (χ2n) is 7.01. The summed E-state index contributed by atoms with van der Waals surface area (Å²) < 4.78 is 0.852. The highest BCUT2D eigenvalue weighted by molar-refractivity contribution is 5.98. The monoisotopic (exact) mass is 402 g/mol. The van der Waals surface area contributed by atoms with Gasteiger partial charge in [0.25, 0.3) is 0 Å². The standard InChI is InChI=1S/C11H15NO3.C11H15NO2/c1-4-5-10-9(6-13)7(2)11(8(3)14)12(10)15;1-4-5-10-9(6-13)7(2)11(12-10)8(3)14/h6,15H,4-5H2,1-3H3;6,12H,4-5H2,1-3H3. The van der Waals surface area contributed by atoms with Crippen LogP contribution in [0.4, 0.5) is 0 Å².